The van der Waals surface area contributed by atoms with E-state index in [1.807, 2.05) is 6.92 Å². The molecule has 1 atom stereocenters. The molecule has 0 fully saturated rings. The van der Waals surface area contributed by atoms with Gasteiger partial charge in [0, 0.05) is 0 Å². The van der Waals surface area contributed by atoms with Gasteiger partial charge in [0.2, 0.25) is 0 Å². The molecule has 0 aliphatic heterocycles. The third-order valence-electron chi connectivity index (χ3n) is 1.36. The molecule has 1 aromatic rings. The highest BCUT2D eigenvalue weighted by Crippen LogP contribution is 2.21. The first kappa shape index (κ1) is 7.69. The van der Waals surface area contributed by atoms with E-state index in [4.69, 9.17) is 0 Å². The van der Waals surface area contributed by atoms with Crippen LogP contribution in [-0.4, -0.2) is 5.11 Å². The zero-order valence-corrected chi connectivity index (χ0v) is 6.49. The van der Waals surface area contributed by atoms with Gasteiger partial charge in [0.15, 0.2) is 5.13 Å². The molecule has 0 amide bonds. The molecule has 10 heavy (non-hydrogen) atoms. The average molecular weight is 160 g/mol. The number of aliphatic hydroxyl groups excluding tert-OH is 1. The SMILES string of the molecule is CCC(O)c1csc(F)c1. The highest BCUT2D eigenvalue weighted by Gasteiger charge is 2.06. The van der Waals surface area contributed by atoms with Gasteiger partial charge >= 0.3 is 0 Å². The summed E-state index contributed by atoms with van der Waals surface area (Å²) in [5.41, 5.74) is 0.685. The van der Waals surface area contributed by atoms with Gasteiger partial charge in [0.1, 0.15) is 0 Å². The normalized spacial score (nSPS) is 13.5. The van der Waals surface area contributed by atoms with E-state index in [-0.39, 0.29) is 5.13 Å². The lowest BCUT2D eigenvalue weighted by atomic mass is 10.1. The van der Waals surface area contributed by atoms with Gasteiger partial charge < -0.3 is 5.11 Å². The number of halogens is 1. The van der Waals surface area contributed by atoms with Crippen molar-refractivity contribution in [2.75, 3.05) is 0 Å². The largest absolute Gasteiger partial charge is 0.388 e. The van der Waals surface area contributed by atoms with Crippen LogP contribution in [0.3, 0.4) is 0 Å². The highest BCUT2D eigenvalue weighted by molar-refractivity contribution is 7.08. The Morgan fingerprint density at radius 3 is 2.90 bits per heavy atom. The smallest absolute Gasteiger partial charge is 0.176 e. The summed E-state index contributed by atoms with van der Waals surface area (Å²) in [7, 11) is 0. The Hall–Kier alpha value is -0.410. The second kappa shape index (κ2) is 3.12. The van der Waals surface area contributed by atoms with Crippen LogP contribution >= 0.6 is 11.3 Å². The first-order chi connectivity index (χ1) is 4.74. The first-order valence-corrected chi connectivity index (χ1v) is 4.04. The minimum Gasteiger partial charge on any atom is -0.388 e. The van der Waals surface area contributed by atoms with Crippen molar-refractivity contribution < 1.29 is 9.50 Å². The van der Waals surface area contributed by atoms with Crippen molar-refractivity contribution in [3.63, 3.8) is 0 Å². The second-order valence-electron chi connectivity index (χ2n) is 2.11. The third-order valence-corrected chi connectivity index (χ3v) is 2.09. The summed E-state index contributed by atoms with van der Waals surface area (Å²) in [5, 5.41) is 10.6. The van der Waals surface area contributed by atoms with Crippen LogP contribution in [0.25, 0.3) is 0 Å². The maximum atomic E-state index is 12.3. The molecule has 0 spiro atoms. The molecule has 1 aromatic heterocycles. The van der Waals surface area contributed by atoms with Crippen molar-refractivity contribution in [1.29, 1.82) is 0 Å². The van der Waals surface area contributed by atoms with E-state index >= 15 is 0 Å². The van der Waals surface area contributed by atoms with Crippen LogP contribution in [0.5, 0.6) is 0 Å². The molecule has 1 nitrogen and oxygen atoms in total. The average Bonchev–Trinajstić information content (AvgIpc) is 2.34. The Bertz CT molecular complexity index is 209. The topological polar surface area (TPSA) is 20.2 Å². The van der Waals surface area contributed by atoms with Crippen LogP contribution < -0.4 is 0 Å². The zero-order valence-electron chi connectivity index (χ0n) is 5.67. The van der Waals surface area contributed by atoms with Crippen molar-refractivity contribution >= 4 is 11.3 Å². The molecule has 0 saturated carbocycles. The monoisotopic (exact) mass is 160 g/mol. The van der Waals surface area contributed by atoms with Crippen molar-refractivity contribution in [1.82, 2.24) is 0 Å². The van der Waals surface area contributed by atoms with E-state index in [2.05, 4.69) is 0 Å². The molecule has 1 unspecified atom stereocenters. The van der Waals surface area contributed by atoms with Gasteiger partial charge in [-0.1, -0.05) is 6.92 Å². The van der Waals surface area contributed by atoms with E-state index in [0.29, 0.717) is 12.0 Å². The Morgan fingerprint density at radius 1 is 1.80 bits per heavy atom. The Labute approximate surface area is 63.1 Å². The van der Waals surface area contributed by atoms with Gasteiger partial charge in [-0.25, -0.2) is 0 Å². The lowest BCUT2D eigenvalue weighted by molar-refractivity contribution is 0.174. The molecular formula is C7H9FOS. The van der Waals surface area contributed by atoms with E-state index < -0.39 is 6.10 Å². The number of rotatable bonds is 2. The van der Waals surface area contributed by atoms with Gasteiger partial charge in [-0.3, -0.25) is 0 Å². The molecule has 0 bridgehead atoms. The molecule has 1 heterocycles. The predicted octanol–water partition coefficient (Wildman–Crippen LogP) is 2.33. The number of thiophene rings is 1. The van der Waals surface area contributed by atoms with Crippen LogP contribution in [0, 0.1) is 5.13 Å². The van der Waals surface area contributed by atoms with Gasteiger partial charge in [0.05, 0.1) is 6.10 Å². The summed E-state index contributed by atoms with van der Waals surface area (Å²) >= 11 is 1.02. The molecule has 56 valence electrons. The quantitative estimate of drug-likeness (QED) is 0.704. The van der Waals surface area contributed by atoms with Crippen molar-refractivity contribution in [2.45, 2.75) is 19.4 Å². The Morgan fingerprint density at radius 2 is 2.50 bits per heavy atom. The molecule has 0 saturated heterocycles. The molecule has 0 aromatic carbocycles. The number of hydrogen-bond donors (Lipinski definition) is 1. The van der Waals surface area contributed by atoms with Crippen molar-refractivity contribution in [3.8, 4) is 0 Å². The first-order valence-electron chi connectivity index (χ1n) is 3.16. The highest BCUT2D eigenvalue weighted by atomic mass is 32.1. The van der Waals surface area contributed by atoms with Gasteiger partial charge in [-0.2, -0.15) is 4.39 Å². The van der Waals surface area contributed by atoms with Crippen LogP contribution in [0.1, 0.15) is 25.0 Å². The fraction of sp³-hybridized carbons (Fsp3) is 0.429. The van der Waals surface area contributed by atoms with Gasteiger partial charge in [-0.05, 0) is 23.4 Å². The summed E-state index contributed by atoms with van der Waals surface area (Å²) in [6, 6.07) is 1.37. The van der Waals surface area contributed by atoms with Crippen molar-refractivity contribution in [2.24, 2.45) is 0 Å². The molecule has 1 rings (SSSR count). The minimum atomic E-state index is -0.499. The summed E-state index contributed by atoms with van der Waals surface area (Å²) in [6.45, 7) is 1.86. The fourth-order valence-corrected chi connectivity index (χ4v) is 1.41. The van der Waals surface area contributed by atoms with Crippen LogP contribution in [0.2, 0.25) is 0 Å². The molecule has 1 N–H and O–H groups in total. The Balaban J connectivity index is 2.74. The van der Waals surface area contributed by atoms with Gasteiger partial charge in [0.25, 0.3) is 0 Å². The fourth-order valence-electron chi connectivity index (χ4n) is 0.734. The zero-order chi connectivity index (χ0) is 7.56. The molecule has 0 radical (unpaired) electrons. The lowest BCUT2D eigenvalue weighted by Gasteiger charge is -2.01. The van der Waals surface area contributed by atoms with Crippen molar-refractivity contribution in [3.05, 3.63) is 22.1 Å². The summed E-state index contributed by atoms with van der Waals surface area (Å²) in [6.07, 6.45) is 0.136. The number of aliphatic hydroxyl groups is 1. The van der Waals surface area contributed by atoms with E-state index in [0.717, 1.165) is 11.3 Å². The summed E-state index contributed by atoms with van der Waals surface area (Å²) in [4.78, 5) is 0. The molecule has 3 heteroatoms. The van der Waals surface area contributed by atoms with Crippen LogP contribution in [0.4, 0.5) is 4.39 Å². The Kier molecular flexibility index (Phi) is 2.40. The third kappa shape index (κ3) is 1.55. The van der Waals surface area contributed by atoms with Gasteiger partial charge in [-0.15, -0.1) is 11.3 Å². The van der Waals surface area contributed by atoms with E-state index in [1.165, 1.54) is 6.07 Å². The van der Waals surface area contributed by atoms with Crippen LogP contribution in [-0.2, 0) is 0 Å². The maximum Gasteiger partial charge on any atom is 0.176 e. The maximum absolute atomic E-state index is 12.3. The minimum absolute atomic E-state index is 0.234. The second-order valence-corrected chi connectivity index (χ2v) is 2.97. The predicted molar refractivity (Wildman–Crippen MR) is 39.5 cm³/mol. The number of hydrogen-bond acceptors (Lipinski definition) is 2. The molecule has 0 aliphatic rings. The standard InChI is InChI=1S/C7H9FOS/c1-2-6(9)5-3-7(8)10-4-5/h3-4,6,9H,2H2,1H3. The molecule has 0 aliphatic carbocycles. The molecular weight excluding hydrogens is 151 g/mol. The van der Waals surface area contributed by atoms with E-state index in [1.54, 1.807) is 5.38 Å². The summed E-state index contributed by atoms with van der Waals surface area (Å²) < 4.78 is 12.3. The lowest BCUT2D eigenvalue weighted by Crippen LogP contribution is -1.91. The van der Waals surface area contributed by atoms with E-state index in [9.17, 15) is 9.50 Å². The van der Waals surface area contributed by atoms with Crippen LogP contribution in [0.15, 0.2) is 11.4 Å². The summed E-state index contributed by atoms with van der Waals surface area (Å²) in [5.74, 6) is 0.